The minimum atomic E-state index is -0.208. The van der Waals surface area contributed by atoms with E-state index in [4.69, 9.17) is 15.2 Å². The van der Waals surface area contributed by atoms with Gasteiger partial charge in [0.15, 0.2) is 6.29 Å². The molecule has 0 saturated carbocycles. The Morgan fingerprint density at radius 1 is 1.20 bits per heavy atom. The van der Waals surface area contributed by atoms with Crippen molar-refractivity contribution in [2.45, 2.75) is 20.1 Å². The van der Waals surface area contributed by atoms with Gasteiger partial charge in [-0.1, -0.05) is 0 Å². The zero-order chi connectivity index (χ0) is 7.11. The van der Waals surface area contributed by atoms with Crippen molar-refractivity contribution >= 4 is 0 Å². The SMILES string of the molecule is CCOC(CN)OCC.O. The van der Waals surface area contributed by atoms with Crippen LogP contribution in [-0.4, -0.2) is 31.5 Å². The Bertz CT molecular complexity index is 55.0. The van der Waals surface area contributed by atoms with Crippen LogP contribution in [0.25, 0.3) is 0 Å². The number of nitrogens with two attached hydrogens (primary N) is 1. The molecule has 0 unspecified atom stereocenters. The second-order valence-corrected chi connectivity index (χ2v) is 1.58. The molecule has 0 aliphatic carbocycles. The Kier molecular flexibility index (Phi) is 11.1. The smallest absolute Gasteiger partial charge is 0.169 e. The molecule has 0 saturated heterocycles. The number of hydrogen-bond acceptors (Lipinski definition) is 3. The van der Waals surface area contributed by atoms with E-state index in [9.17, 15) is 0 Å². The molecule has 0 rings (SSSR count). The van der Waals surface area contributed by atoms with Crippen LogP contribution in [0.4, 0.5) is 0 Å². The molecule has 0 bridgehead atoms. The van der Waals surface area contributed by atoms with Gasteiger partial charge >= 0.3 is 0 Å². The Hall–Kier alpha value is -0.160. The predicted molar refractivity (Wildman–Crippen MR) is 39.7 cm³/mol. The van der Waals surface area contributed by atoms with Gasteiger partial charge in [-0.15, -0.1) is 0 Å². The van der Waals surface area contributed by atoms with Crippen molar-refractivity contribution in [3.05, 3.63) is 0 Å². The standard InChI is InChI=1S/C6H15NO2.H2O/c1-3-8-6(5-7)9-4-2;/h6H,3-5,7H2,1-2H3;1H2. The van der Waals surface area contributed by atoms with Crippen LogP contribution in [0.3, 0.4) is 0 Å². The Labute approximate surface area is 61.6 Å². The van der Waals surface area contributed by atoms with E-state index in [2.05, 4.69) is 0 Å². The van der Waals surface area contributed by atoms with Crippen LogP contribution in [0.5, 0.6) is 0 Å². The van der Waals surface area contributed by atoms with Crippen LogP contribution in [0.15, 0.2) is 0 Å². The molecule has 10 heavy (non-hydrogen) atoms. The summed E-state index contributed by atoms with van der Waals surface area (Å²) < 4.78 is 10.2. The van der Waals surface area contributed by atoms with Crippen LogP contribution >= 0.6 is 0 Å². The van der Waals surface area contributed by atoms with E-state index in [1.807, 2.05) is 13.8 Å². The number of ether oxygens (including phenoxy) is 2. The summed E-state index contributed by atoms with van der Waals surface area (Å²) in [5, 5.41) is 0. The van der Waals surface area contributed by atoms with Crippen molar-refractivity contribution in [1.82, 2.24) is 0 Å². The number of hydrogen-bond donors (Lipinski definition) is 1. The number of rotatable bonds is 5. The summed E-state index contributed by atoms with van der Waals surface area (Å²) in [6, 6.07) is 0. The first-order valence-corrected chi connectivity index (χ1v) is 3.28. The monoisotopic (exact) mass is 151 g/mol. The molecule has 0 aromatic heterocycles. The third-order valence-corrected chi connectivity index (χ3v) is 0.898. The van der Waals surface area contributed by atoms with E-state index in [0.29, 0.717) is 19.8 Å². The summed E-state index contributed by atoms with van der Waals surface area (Å²) in [5.41, 5.74) is 5.29. The largest absolute Gasteiger partial charge is 0.412 e. The van der Waals surface area contributed by atoms with E-state index in [-0.39, 0.29) is 11.8 Å². The van der Waals surface area contributed by atoms with E-state index in [0.717, 1.165) is 0 Å². The van der Waals surface area contributed by atoms with Crippen molar-refractivity contribution in [3.63, 3.8) is 0 Å². The molecular weight excluding hydrogens is 134 g/mol. The molecule has 0 spiro atoms. The lowest BCUT2D eigenvalue weighted by Gasteiger charge is -2.13. The van der Waals surface area contributed by atoms with Gasteiger partial charge in [-0.05, 0) is 13.8 Å². The van der Waals surface area contributed by atoms with Crippen LogP contribution < -0.4 is 5.73 Å². The van der Waals surface area contributed by atoms with Crippen LogP contribution in [0.2, 0.25) is 0 Å². The van der Waals surface area contributed by atoms with E-state index in [1.165, 1.54) is 0 Å². The second-order valence-electron chi connectivity index (χ2n) is 1.58. The maximum Gasteiger partial charge on any atom is 0.169 e. The topological polar surface area (TPSA) is 76.0 Å². The fourth-order valence-corrected chi connectivity index (χ4v) is 0.556. The molecule has 0 radical (unpaired) electrons. The molecule has 0 aromatic carbocycles. The summed E-state index contributed by atoms with van der Waals surface area (Å²) in [5.74, 6) is 0. The van der Waals surface area contributed by atoms with Crippen molar-refractivity contribution in [1.29, 1.82) is 0 Å². The van der Waals surface area contributed by atoms with E-state index >= 15 is 0 Å². The third-order valence-electron chi connectivity index (χ3n) is 0.898. The fourth-order valence-electron chi connectivity index (χ4n) is 0.556. The molecule has 0 heterocycles. The summed E-state index contributed by atoms with van der Waals surface area (Å²) in [6.07, 6.45) is -0.208. The maximum absolute atomic E-state index is 5.29. The van der Waals surface area contributed by atoms with Crippen molar-refractivity contribution in [2.24, 2.45) is 5.73 Å². The van der Waals surface area contributed by atoms with Gasteiger partial charge < -0.3 is 20.7 Å². The second kappa shape index (κ2) is 8.84. The first-order chi connectivity index (χ1) is 4.35. The van der Waals surface area contributed by atoms with Crippen LogP contribution in [0, 0.1) is 0 Å². The molecule has 0 aromatic rings. The molecule has 0 aliphatic rings. The minimum absolute atomic E-state index is 0. The molecule has 4 N–H and O–H groups in total. The zero-order valence-corrected chi connectivity index (χ0v) is 6.59. The predicted octanol–water partition coefficient (Wildman–Crippen LogP) is -0.480. The zero-order valence-electron chi connectivity index (χ0n) is 6.59. The lowest BCUT2D eigenvalue weighted by molar-refractivity contribution is -0.128. The van der Waals surface area contributed by atoms with Crippen LogP contribution in [0.1, 0.15) is 13.8 Å². The molecule has 64 valence electrons. The highest BCUT2D eigenvalue weighted by molar-refractivity contribution is 4.41. The molecule has 0 amide bonds. The quantitative estimate of drug-likeness (QED) is 0.539. The van der Waals surface area contributed by atoms with Gasteiger partial charge in [0.05, 0.1) is 0 Å². The minimum Gasteiger partial charge on any atom is -0.412 e. The summed E-state index contributed by atoms with van der Waals surface area (Å²) in [4.78, 5) is 0. The Morgan fingerprint density at radius 3 is 1.80 bits per heavy atom. The molecule has 0 fully saturated rings. The third kappa shape index (κ3) is 5.97. The lowest BCUT2D eigenvalue weighted by atomic mass is 10.6. The highest BCUT2D eigenvalue weighted by Gasteiger charge is 2.01. The summed E-state index contributed by atoms with van der Waals surface area (Å²) in [6.45, 7) is 5.58. The normalized spacial score (nSPS) is 9.60. The average molecular weight is 151 g/mol. The van der Waals surface area contributed by atoms with Gasteiger partial charge in [0, 0.05) is 19.8 Å². The van der Waals surface area contributed by atoms with Crippen LogP contribution in [-0.2, 0) is 9.47 Å². The molecular formula is C6H17NO3. The van der Waals surface area contributed by atoms with Gasteiger partial charge in [0.25, 0.3) is 0 Å². The van der Waals surface area contributed by atoms with Gasteiger partial charge in [-0.3, -0.25) is 0 Å². The summed E-state index contributed by atoms with van der Waals surface area (Å²) >= 11 is 0. The Morgan fingerprint density at radius 2 is 1.60 bits per heavy atom. The van der Waals surface area contributed by atoms with Gasteiger partial charge in [-0.25, -0.2) is 0 Å². The molecule has 4 heteroatoms. The molecule has 0 atom stereocenters. The van der Waals surface area contributed by atoms with Crippen molar-refractivity contribution in [3.8, 4) is 0 Å². The van der Waals surface area contributed by atoms with Gasteiger partial charge in [0.1, 0.15) is 0 Å². The van der Waals surface area contributed by atoms with E-state index in [1.54, 1.807) is 0 Å². The van der Waals surface area contributed by atoms with E-state index < -0.39 is 0 Å². The molecule has 4 nitrogen and oxygen atoms in total. The van der Waals surface area contributed by atoms with Crippen molar-refractivity contribution in [2.75, 3.05) is 19.8 Å². The van der Waals surface area contributed by atoms with Gasteiger partial charge in [-0.2, -0.15) is 0 Å². The fraction of sp³-hybridized carbons (Fsp3) is 1.00. The van der Waals surface area contributed by atoms with Gasteiger partial charge in [0.2, 0.25) is 0 Å². The highest BCUT2D eigenvalue weighted by Crippen LogP contribution is 1.90. The Balaban J connectivity index is 0. The average Bonchev–Trinajstić information content (AvgIpc) is 1.88. The highest BCUT2D eigenvalue weighted by atomic mass is 16.7. The maximum atomic E-state index is 5.29. The first kappa shape index (κ1) is 12.5. The van der Waals surface area contributed by atoms with Crippen molar-refractivity contribution < 1.29 is 14.9 Å². The summed E-state index contributed by atoms with van der Waals surface area (Å²) in [7, 11) is 0. The first-order valence-electron chi connectivity index (χ1n) is 3.28. The lowest BCUT2D eigenvalue weighted by Crippen LogP contribution is -2.26. The molecule has 0 aliphatic heterocycles.